The average molecular weight is 460 g/mol. The topological polar surface area (TPSA) is 40.5 Å². The molecular weight excluding hydrogens is 418 g/mol. The van der Waals surface area contributed by atoms with Gasteiger partial charge in [0.25, 0.3) is 0 Å². The maximum atomic E-state index is 12.4. The van der Waals surface area contributed by atoms with E-state index in [1.54, 1.807) is 0 Å². The number of benzene rings is 1. The van der Waals surface area contributed by atoms with Crippen LogP contribution in [0.2, 0.25) is 0 Å². The van der Waals surface area contributed by atoms with Gasteiger partial charge in [-0.15, -0.1) is 5.92 Å². The molecule has 0 aliphatic heterocycles. The molecule has 0 amide bonds. The quantitative estimate of drug-likeness (QED) is 0.542. The standard InChI is InChI=1S/C31H41NO2/c1-6-7-16-31(34)18-15-27-25-13-10-22-19-24(33)14-17-29(22,2)28(25)26(20-30(27,31)3)21-8-11-23(12-9-21)32(4)5/h8-9,11-12,19,25-28,34H,6,10,13-15,17-18,20H2,1-5H3/t25-,26+,27-,28+,29-,30-,31-/m0/s1. The molecule has 0 aromatic heterocycles. The van der Waals surface area contributed by atoms with Gasteiger partial charge in [0, 0.05) is 38.0 Å². The SMILES string of the molecule is CCC#C[C@]1(O)CC[C@H]2[C@@H]3CCC4=CC(=O)CC[C@]4(C)[C@H]3[C@@H](c3ccc(N(C)C)cc3)C[C@@]21C. The second-order valence-electron chi connectivity index (χ2n) is 12.2. The summed E-state index contributed by atoms with van der Waals surface area (Å²) < 4.78 is 0. The van der Waals surface area contributed by atoms with E-state index in [-0.39, 0.29) is 10.8 Å². The fourth-order valence-electron chi connectivity index (χ4n) is 8.53. The number of nitrogens with zero attached hydrogens (tertiary/aromatic N) is 1. The number of ketones is 1. The van der Waals surface area contributed by atoms with E-state index in [0.717, 1.165) is 44.9 Å². The molecule has 1 aromatic carbocycles. The first kappa shape index (κ1) is 23.7. The van der Waals surface area contributed by atoms with E-state index < -0.39 is 5.60 Å². The molecule has 0 heterocycles. The highest BCUT2D eigenvalue weighted by molar-refractivity contribution is 5.91. The molecule has 5 rings (SSSR count). The lowest BCUT2D eigenvalue weighted by molar-refractivity contribution is -0.122. The van der Waals surface area contributed by atoms with E-state index in [1.165, 1.54) is 16.8 Å². The number of hydrogen-bond donors (Lipinski definition) is 1. The van der Waals surface area contributed by atoms with E-state index in [9.17, 15) is 9.90 Å². The highest BCUT2D eigenvalue weighted by Gasteiger charge is 2.66. The van der Waals surface area contributed by atoms with Crippen molar-refractivity contribution in [1.82, 2.24) is 0 Å². The predicted octanol–water partition coefficient (Wildman–Crippen LogP) is 6.12. The van der Waals surface area contributed by atoms with Crippen LogP contribution in [0.25, 0.3) is 0 Å². The second kappa shape index (κ2) is 8.27. The van der Waals surface area contributed by atoms with Crippen LogP contribution in [-0.2, 0) is 4.79 Å². The van der Waals surface area contributed by atoms with Gasteiger partial charge in [0.2, 0.25) is 0 Å². The van der Waals surface area contributed by atoms with E-state index >= 15 is 0 Å². The van der Waals surface area contributed by atoms with Gasteiger partial charge in [-0.1, -0.05) is 44.4 Å². The Bertz CT molecular complexity index is 1060. The summed E-state index contributed by atoms with van der Waals surface area (Å²) in [5, 5.41) is 11.9. The molecule has 1 aromatic rings. The van der Waals surface area contributed by atoms with Crippen LogP contribution in [0.3, 0.4) is 0 Å². The molecule has 4 aliphatic carbocycles. The largest absolute Gasteiger partial charge is 0.378 e. The number of aliphatic hydroxyl groups is 1. The molecule has 0 saturated heterocycles. The van der Waals surface area contributed by atoms with Crippen molar-refractivity contribution in [3.05, 3.63) is 41.5 Å². The lowest BCUT2D eigenvalue weighted by Gasteiger charge is -2.61. The van der Waals surface area contributed by atoms with Crippen molar-refractivity contribution in [1.29, 1.82) is 0 Å². The zero-order valence-corrected chi connectivity index (χ0v) is 21.7. The first-order valence-electron chi connectivity index (χ1n) is 13.4. The first-order chi connectivity index (χ1) is 16.1. The number of fused-ring (bicyclic) bond motifs is 5. The maximum Gasteiger partial charge on any atom is 0.155 e. The molecule has 0 bridgehead atoms. The summed E-state index contributed by atoms with van der Waals surface area (Å²) in [4.78, 5) is 14.5. The van der Waals surface area contributed by atoms with E-state index in [2.05, 4.69) is 75.9 Å². The maximum absolute atomic E-state index is 12.4. The van der Waals surface area contributed by atoms with Crippen LogP contribution in [-0.4, -0.2) is 30.6 Å². The number of hydrogen-bond acceptors (Lipinski definition) is 3. The molecule has 4 aliphatic rings. The van der Waals surface area contributed by atoms with Crippen molar-refractivity contribution in [2.75, 3.05) is 19.0 Å². The molecule has 0 radical (unpaired) electrons. The summed E-state index contributed by atoms with van der Waals surface area (Å²) in [6.45, 7) is 6.85. The molecule has 3 fully saturated rings. The molecule has 3 saturated carbocycles. The van der Waals surface area contributed by atoms with Crippen molar-refractivity contribution >= 4 is 11.5 Å². The minimum Gasteiger partial charge on any atom is -0.378 e. The predicted molar refractivity (Wildman–Crippen MR) is 139 cm³/mol. The fraction of sp³-hybridized carbons (Fsp3) is 0.645. The highest BCUT2D eigenvalue weighted by atomic mass is 16.3. The smallest absolute Gasteiger partial charge is 0.155 e. The van der Waals surface area contributed by atoms with Gasteiger partial charge in [0.15, 0.2) is 5.78 Å². The van der Waals surface area contributed by atoms with E-state index in [4.69, 9.17) is 0 Å². The van der Waals surface area contributed by atoms with Gasteiger partial charge in [-0.25, -0.2) is 0 Å². The van der Waals surface area contributed by atoms with Gasteiger partial charge in [-0.2, -0.15) is 0 Å². The molecule has 1 N–H and O–H groups in total. The molecule has 0 spiro atoms. The summed E-state index contributed by atoms with van der Waals surface area (Å²) in [6, 6.07) is 9.12. The number of carbonyl (C=O) groups excluding carboxylic acids is 1. The lowest BCUT2D eigenvalue weighted by Crippen LogP contribution is -2.57. The molecule has 7 atom stereocenters. The third kappa shape index (κ3) is 3.40. The van der Waals surface area contributed by atoms with Crippen molar-refractivity contribution < 1.29 is 9.90 Å². The summed E-state index contributed by atoms with van der Waals surface area (Å²) in [7, 11) is 4.17. The van der Waals surface area contributed by atoms with Crippen LogP contribution in [0, 0.1) is 40.4 Å². The molecule has 0 unspecified atom stereocenters. The Kier molecular flexibility index (Phi) is 5.76. The number of allylic oxidation sites excluding steroid dienone is 1. The van der Waals surface area contributed by atoms with Gasteiger partial charge in [0.05, 0.1) is 0 Å². The van der Waals surface area contributed by atoms with Crippen LogP contribution in [0.1, 0.15) is 83.6 Å². The summed E-state index contributed by atoms with van der Waals surface area (Å²) in [5.74, 6) is 8.82. The lowest BCUT2D eigenvalue weighted by atomic mass is 9.43. The average Bonchev–Trinajstić information content (AvgIpc) is 3.08. The van der Waals surface area contributed by atoms with Crippen molar-refractivity contribution in [3.8, 4) is 11.8 Å². The minimum absolute atomic E-state index is 0.0683. The van der Waals surface area contributed by atoms with Crippen LogP contribution in [0.5, 0.6) is 0 Å². The summed E-state index contributed by atoms with van der Waals surface area (Å²) >= 11 is 0. The summed E-state index contributed by atoms with van der Waals surface area (Å²) in [5.41, 5.74) is 2.95. The third-order valence-corrected chi connectivity index (χ3v) is 10.4. The van der Waals surface area contributed by atoms with Crippen molar-refractivity contribution in [2.24, 2.45) is 28.6 Å². The van der Waals surface area contributed by atoms with Gasteiger partial charge < -0.3 is 10.0 Å². The minimum atomic E-state index is -0.903. The monoisotopic (exact) mass is 459 g/mol. The van der Waals surface area contributed by atoms with Gasteiger partial charge in [-0.05, 0) is 91.4 Å². The normalized spacial score (nSPS) is 40.9. The van der Waals surface area contributed by atoms with Gasteiger partial charge in [-0.3, -0.25) is 4.79 Å². The Morgan fingerprint density at radius 2 is 1.82 bits per heavy atom. The fourth-order valence-corrected chi connectivity index (χ4v) is 8.53. The zero-order chi connectivity index (χ0) is 24.3. The highest BCUT2D eigenvalue weighted by Crippen LogP contribution is 2.70. The van der Waals surface area contributed by atoms with Crippen LogP contribution >= 0.6 is 0 Å². The molecule has 3 nitrogen and oxygen atoms in total. The second-order valence-corrected chi connectivity index (χ2v) is 12.2. The van der Waals surface area contributed by atoms with E-state index in [0.29, 0.717) is 35.9 Å². The van der Waals surface area contributed by atoms with Crippen LogP contribution in [0.15, 0.2) is 35.9 Å². The molecular formula is C31H41NO2. The Hall–Kier alpha value is -2.05. The number of rotatable bonds is 2. The molecule has 182 valence electrons. The Morgan fingerprint density at radius 1 is 1.09 bits per heavy atom. The zero-order valence-electron chi connectivity index (χ0n) is 21.7. The number of anilines is 1. The summed E-state index contributed by atoms with van der Waals surface area (Å²) in [6.07, 6.45) is 9.39. The van der Waals surface area contributed by atoms with Crippen LogP contribution < -0.4 is 4.90 Å². The first-order valence-corrected chi connectivity index (χ1v) is 13.4. The Morgan fingerprint density at radius 3 is 2.50 bits per heavy atom. The number of carbonyl (C=O) groups is 1. The van der Waals surface area contributed by atoms with E-state index in [1.807, 2.05) is 6.08 Å². The molecule has 34 heavy (non-hydrogen) atoms. The Labute approximate surface area is 206 Å². The Balaban J connectivity index is 1.63. The molecule has 3 heteroatoms. The van der Waals surface area contributed by atoms with Gasteiger partial charge >= 0.3 is 0 Å². The van der Waals surface area contributed by atoms with Crippen LogP contribution in [0.4, 0.5) is 5.69 Å². The van der Waals surface area contributed by atoms with Crippen molar-refractivity contribution in [3.63, 3.8) is 0 Å². The van der Waals surface area contributed by atoms with Gasteiger partial charge in [0.1, 0.15) is 5.60 Å². The third-order valence-electron chi connectivity index (χ3n) is 10.4. The van der Waals surface area contributed by atoms with Crippen molar-refractivity contribution in [2.45, 2.75) is 83.7 Å².